The standard InChI is InChI=1S/C20H19N5O/c1-2-7-21-20(26)14-5-3-13(4-6-14)15-8-17-18(16-10-24-25-11-16)12-23-19(17)22-9-15/h3-6,8-12H,2,7H2,1H3,(H,21,26)(H,22,23)(H,24,25). The number of nitrogens with one attached hydrogen (secondary N) is 3. The van der Waals surface area contributed by atoms with Gasteiger partial charge in [-0.1, -0.05) is 19.1 Å². The minimum Gasteiger partial charge on any atom is -0.352 e. The minimum atomic E-state index is -0.0418. The summed E-state index contributed by atoms with van der Waals surface area (Å²) in [5.41, 5.74) is 5.59. The number of H-pyrrole nitrogens is 2. The van der Waals surface area contributed by atoms with E-state index in [2.05, 4.69) is 31.5 Å². The van der Waals surface area contributed by atoms with Crippen LogP contribution in [0.1, 0.15) is 23.7 Å². The highest BCUT2D eigenvalue weighted by Crippen LogP contribution is 2.30. The highest BCUT2D eigenvalue weighted by molar-refractivity contribution is 5.96. The number of nitrogens with zero attached hydrogens (tertiary/aromatic N) is 2. The average molecular weight is 345 g/mol. The van der Waals surface area contributed by atoms with Crippen LogP contribution in [-0.4, -0.2) is 32.6 Å². The second-order valence-corrected chi connectivity index (χ2v) is 6.14. The smallest absolute Gasteiger partial charge is 0.251 e. The summed E-state index contributed by atoms with van der Waals surface area (Å²) in [6.45, 7) is 2.72. The lowest BCUT2D eigenvalue weighted by Gasteiger charge is -2.06. The number of aromatic nitrogens is 4. The molecule has 130 valence electrons. The monoisotopic (exact) mass is 345 g/mol. The van der Waals surface area contributed by atoms with Gasteiger partial charge in [0, 0.05) is 52.8 Å². The second-order valence-electron chi connectivity index (χ2n) is 6.14. The molecule has 6 nitrogen and oxygen atoms in total. The van der Waals surface area contributed by atoms with E-state index < -0.39 is 0 Å². The molecule has 6 heteroatoms. The normalized spacial score (nSPS) is 11.0. The molecule has 0 aliphatic rings. The number of aromatic amines is 2. The van der Waals surface area contributed by atoms with Crippen LogP contribution in [-0.2, 0) is 0 Å². The quantitative estimate of drug-likeness (QED) is 0.515. The summed E-state index contributed by atoms with van der Waals surface area (Å²) in [6.07, 6.45) is 8.35. The maximum Gasteiger partial charge on any atom is 0.251 e. The largest absolute Gasteiger partial charge is 0.352 e. The predicted octanol–water partition coefficient (Wildman–Crippen LogP) is 3.76. The van der Waals surface area contributed by atoms with E-state index >= 15 is 0 Å². The summed E-state index contributed by atoms with van der Waals surface area (Å²) in [5, 5.41) is 10.8. The average Bonchev–Trinajstić information content (AvgIpc) is 3.35. The van der Waals surface area contributed by atoms with Crippen molar-refractivity contribution in [3.05, 3.63) is 60.7 Å². The zero-order valence-electron chi connectivity index (χ0n) is 14.4. The third-order valence-electron chi connectivity index (χ3n) is 4.36. The number of carbonyl (C=O) groups is 1. The molecule has 26 heavy (non-hydrogen) atoms. The molecule has 0 fully saturated rings. The van der Waals surface area contributed by atoms with Crippen molar-refractivity contribution >= 4 is 16.9 Å². The molecule has 3 aromatic heterocycles. The van der Waals surface area contributed by atoms with Crippen molar-refractivity contribution in [3.8, 4) is 22.3 Å². The van der Waals surface area contributed by atoms with Gasteiger partial charge in [0.25, 0.3) is 5.91 Å². The molecular formula is C20H19N5O. The van der Waals surface area contributed by atoms with Crippen molar-refractivity contribution < 1.29 is 4.79 Å². The maximum atomic E-state index is 12.0. The first-order valence-electron chi connectivity index (χ1n) is 8.61. The molecule has 0 radical (unpaired) electrons. The van der Waals surface area contributed by atoms with Crippen LogP contribution in [0.25, 0.3) is 33.3 Å². The Morgan fingerprint density at radius 2 is 1.92 bits per heavy atom. The van der Waals surface area contributed by atoms with Crippen LogP contribution in [0.2, 0.25) is 0 Å². The van der Waals surface area contributed by atoms with E-state index in [1.165, 1.54) is 0 Å². The number of rotatable bonds is 5. The number of hydrogen-bond donors (Lipinski definition) is 3. The first-order valence-corrected chi connectivity index (χ1v) is 8.61. The third kappa shape index (κ3) is 2.97. The van der Waals surface area contributed by atoms with E-state index in [0.717, 1.165) is 39.7 Å². The van der Waals surface area contributed by atoms with Crippen LogP contribution in [0.4, 0.5) is 0 Å². The van der Waals surface area contributed by atoms with Crippen molar-refractivity contribution in [2.45, 2.75) is 13.3 Å². The number of carbonyl (C=O) groups excluding carboxylic acids is 1. The molecule has 0 aliphatic heterocycles. The zero-order chi connectivity index (χ0) is 17.9. The van der Waals surface area contributed by atoms with E-state index in [1.807, 2.05) is 49.8 Å². The Morgan fingerprint density at radius 1 is 1.08 bits per heavy atom. The van der Waals surface area contributed by atoms with E-state index in [1.54, 1.807) is 6.20 Å². The summed E-state index contributed by atoms with van der Waals surface area (Å²) in [5.74, 6) is -0.0418. The summed E-state index contributed by atoms with van der Waals surface area (Å²) in [6, 6.07) is 9.70. The van der Waals surface area contributed by atoms with E-state index in [9.17, 15) is 4.79 Å². The van der Waals surface area contributed by atoms with Crippen molar-refractivity contribution in [1.82, 2.24) is 25.5 Å². The van der Waals surface area contributed by atoms with Crippen LogP contribution < -0.4 is 5.32 Å². The first kappa shape index (κ1) is 16.1. The number of benzene rings is 1. The number of amides is 1. The lowest BCUT2D eigenvalue weighted by Crippen LogP contribution is -2.23. The fraction of sp³-hybridized carbons (Fsp3) is 0.150. The van der Waals surface area contributed by atoms with Gasteiger partial charge in [-0.05, 0) is 30.2 Å². The molecule has 3 N–H and O–H groups in total. The molecule has 0 atom stereocenters. The highest BCUT2D eigenvalue weighted by atomic mass is 16.1. The molecule has 3 heterocycles. The van der Waals surface area contributed by atoms with Gasteiger partial charge >= 0.3 is 0 Å². The Bertz CT molecular complexity index is 1030. The van der Waals surface area contributed by atoms with Crippen LogP contribution in [0.3, 0.4) is 0 Å². The summed E-state index contributed by atoms with van der Waals surface area (Å²) in [7, 11) is 0. The molecule has 4 aromatic rings. The van der Waals surface area contributed by atoms with Crippen molar-refractivity contribution in [3.63, 3.8) is 0 Å². The molecule has 1 amide bonds. The van der Waals surface area contributed by atoms with Crippen molar-refractivity contribution in [1.29, 1.82) is 0 Å². The lowest BCUT2D eigenvalue weighted by atomic mass is 10.0. The Labute approximate surface area is 150 Å². The Kier molecular flexibility index (Phi) is 4.23. The van der Waals surface area contributed by atoms with Gasteiger partial charge in [-0.15, -0.1) is 0 Å². The molecule has 0 saturated carbocycles. The van der Waals surface area contributed by atoms with Gasteiger partial charge in [0.15, 0.2) is 0 Å². The minimum absolute atomic E-state index is 0.0418. The summed E-state index contributed by atoms with van der Waals surface area (Å²) >= 11 is 0. The van der Waals surface area contributed by atoms with Gasteiger partial charge in [-0.2, -0.15) is 5.10 Å². The maximum absolute atomic E-state index is 12.0. The van der Waals surface area contributed by atoms with Crippen LogP contribution in [0.15, 0.2) is 55.1 Å². The van der Waals surface area contributed by atoms with Gasteiger partial charge in [0.2, 0.25) is 0 Å². The Balaban J connectivity index is 1.66. The molecule has 1 aromatic carbocycles. The van der Waals surface area contributed by atoms with E-state index in [4.69, 9.17) is 0 Å². The fourth-order valence-corrected chi connectivity index (χ4v) is 2.95. The van der Waals surface area contributed by atoms with Crippen LogP contribution >= 0.6 is 0 Å². The van der Waals surface area contributed by atoms with Crippen molar-refractivity contribution in [2.24, 2.45) is 0 Å². The number of pyridine rings is 1. The Morgan fingerprint density at radius 3 is 2.65 bits per heavy atom. The molecule has 4 rings (SSSR count). The van der Waals surface area contributed by atoms with Gasteiger partial charge in [-0.3, -0.25) is 9.89 Å². The number of hydrogen-bond acceptors (Lipinski definition) is 3. The highest BCUT2D eigenvalue weighted by Gasteiger charge is 2.10. The molecular weight excluding hydrogens is 326 g/mol. The van der Waals surface area contributed by atoms with Crippen molar-refractivity contribution in [2.75, 3.05) is 6.54 Å². The Hall–Kier alpha value is -3.41. The van der Waals surface area contributed by atoms with Crippen LogP contribution in [0, 0.1) is 0 Å². The number of fused-ring (bicyclic) bond motifs is 1. The van der Waals surface area contributed by atoms with E-state index in [0.29, 0.717) is 12.1 Å². The summed E-state index contributed by atoms with van der Waals surface area (Å²) in [4.78, 5) is 19.7. The fourth-order valence-electron chi connectivity index (χ4n) is 2.95. The molecule has 0 aliphatic carbocycles. The van der Waals surface area contributed by atoms with Gasteiger partial charge in [-0.25, -0.2) is 4.98 Å². The molecule has 0 spiro atoms. The van der Waals surface area contributed by atoms with Gasteiger partial charge in [0.05, 0.1) is 6.20 Å². The summed E-state index contributed by atoms with van der Waals surface area (Å²) < 4.78 is 0. The zero-order valence-corrected chi connectivity index (χ0v) is 14.4. The topological polar surface area (TPSA) is 86.5 Å². The molecule has 0 bridgehead atoms. The first-order chi connectivity index (χ1) is 12.8. The van der Waals surface area contributed by atoms with Crippen LogP contribution in [0.5, 0.6) is 0 Å². The second kappa shape index (κ2) is 6.84. The van der Waals surface area contributed by atoms with Gasteiger partial charge < -0.3 is 10.3 Å². The molecule has 0 unspecified atom stereocenters. The molecule has 0 saturated heterocycles. The predicted molar refractivity (Wildman–Crippen MR) is 102 cm³/mol. The van der Waals surface area contributed by atoms with E-state index in [-0.39, 0.29) is 5.91 Å². The lowest BCUT2D eigenvalue weighted by molar-refractivity contribution is 0.0953. The SMILES string of the molecule is CCCNC(=O)c1ccc(-c2cnc3[nH]cc(-c4cn[nH]c4)c3c2)cc1. The third-order valence-corrected chi connectivity index (χ3v) is 4.36. The van der Waals surface area contributed by atoms with Gasteiger partial charge in [0.1, 0.15) is 5.65 Å².